The molecular formula is C30H45N5O6. The van der Waals surface area contributed by atoms with Gasteiger partial charge in [-0.15, -0.1) is 0 Å². The molecule has 226 valence electrons. The summed E-state index contributed by atoms with van der Waals surface area (Å²) < 4.78 is 5.10. The van der Waals surface area contributed by atoms with Gasteiger partial charge >= 0.3 is 12.0 Å². The topological polar surface area (TPSA) is 137 Å². The fraction of sp³-hybridized carbons (Fsp3) is 0.633. The zero-order valence-corrected chi connectivity index (χ0v) is 24.9. The van der Waals surface area contributed by atoms with E-state index in [-0.39, 0.29) is 24.3 Å². The number of rotatable bonds is 11. The summed E-state index contributed by atoms with van der Waals surface area (Å²) in [6.45, 7) is 8.56. The third-order valence-corrected chi connectivity index (χ3v) is 7.70. The van der Waals surface area contributed by atoms with Gasteiger partial charge < -0.3 is 30.5 Å². The largest absolute Gasteiger partial charge is 0.457 e. The summed E-state index contributed by atoms with van der Waals surface area (Å²) in [5, 5.41) is 8.88. The normalized spacial score (nSPS) is 19.1. The van der Waals surface area contributed by atoms with Crippen LogP contribution in [0.25, 0.3) is 0 Å². The van der Waals surface area contributed by atoms with E-state index in [1.165, 1.54) is 4.90 Å². The van der Waals surface area contributed by atoms with Crippen LogP contribution in [0, 0.1) is 5.92 Å². The maximum absolute atomic E-state index is 13.7. The highest BCUT2D eigenvalue weighted by atomic mass is 16.5. The number of carbonyl (C=O) groups is 5. The summed E-state index contributed by atoms with van der Waals surface area (Å²) in [5.41, 5.74) is 0.768. The monoisotopic (exact) mass is 571 g/mol. The van der Waals surface area contributed by atoms with Gasteiger partial charge in [0.15, 0.2) is 0 Å². The van der Waals surface area contributed by atoms with Crippen LogP contribution in [0.3, 0.4) is 0 Å². The first-order valence-electron chi connectivity index (χ1n) is 14.6. The molecule has 1 aromatic carbocycles. The molecule has 11 nitrogen and oxygen atoms in total. The number of ketones is 1. The molecule has 41 heavy (non-hydrogen) atoms. The van der Waals surface area contributed by atoms with Crippen molar-refractivity contribution in [3.05, 3.63) is 35.9 Å². The van der Waals surface area contributed by atoms with Gasteiger partial charge in [0.1, 0.15) is 18.1 Å². The van der Waals surface area contributed by atoms with E-state index in [1.807, 2.05) is 51.2 Å². The zero-order valence-electron chi connectivity index (χ0n) is 24.9. The predicted molar refractivity (Wildman–Crippen MR) is 154 cm³/mol. The summed E-state index contributed by atoms with van der Waals surface area (Å²) in [6, 6.07) is 6.39. The van der Waals surface area contributed by atoms with Crippen molar-refractivity contribution in [1.29, 1.82) is 0 Å². The molecule has 3 atom stereocenters. The van der Waals surface area contributed by atoms with Crippen LogP contribution < -0.4 is 16.0 Å². The number of likely N-dealkylation sites (tertiary alicyclic amines) is 2. The van der Waals surface area contributed by atoms with Crippen LogP contribution in [0.2, 0.25) is 0 Å². The van der Waals surface area contributed by atoms with Crippen LogP contribution in [-0.2, 0) is 30.3 Å². The Morgan fingerprint density at radius 3 is 2.17 bits per heavy atom. The van der Waals surface area contributed by atoms with E-state index in [0.717, 1.165) is 18.4 Å². The number of hydrogen-bond donors (Lipinski definition) is 3. The second-order valence-electron chi connectivity index (χ2n) is 11.5. The Morgan fingerprint density at radius 2 is 1.59 bits per heavy atom. The number of nitrogens with one attached hydrogen (secondary N) is 3. The Morgan fingerprint density at radius 1 is 0.927 bits per heavy atom. The van der Waals surface area contributed by atoms with Crippen LogP contribution in [0.15, 0.2) is 30.3 Å². The number of benzene rings is 1. The number of hydrogen-bond acceptors (Lipinski definition) is 7. The minimum Gasteiger partial charge on any atom is -0.457 e. The van der Waals surface area contributed by atoms with Gasteiger partial charge in [-0.3, -0.25) is 14.4 Å². The number of carbonyl (C=O) groups excluding carboxylic acids is 5. The number of urea groups is 1. The molecule has 2 saturated heterocycles. The Balaban J connectivity index is 1.71. The van der Waals surface area contributed by atoms with Crippen molar-refractivity contribution < 1.29 is 28.7 Å². The molecule has 0 radical (unpaired) electrons. The molecule has 0 aromatic heterocycles. The quantitative estimate of drug-likeness (QED) is 0.271. The third-order valence-electron chi connectivity index (χ3n) is 7.70. The maximum atomic E-state index is 13.7. The molecule has 1 aromatic rings. The highest BCUT2D eigenvalue weighted by molar-refractivity contribution is 6.36. The standard InChI is InChI=1S/C30H45N5O6/c1-19(2)25(33-30(40)34-16-13-22(31-5)14-17-34)28(38)35-15-9-12-24(35)27(37)32-23(18-21-10-7-6-8-11-21)26(36)29(39)41-20(3)4/h6-8,10-11,19-20,22-25,31H,9,12-18H2,1-5H3,(H,32,37)(H,33,40)/t23?,24-,25-/m0/s1. The van der Waals surface area contributed by atoms with Gasteiger partial charge in [0.25, 0.3) is 5.78 Å². The first kappa shape index (κ1) is 32.0. The molecule has 2 aliphatic rings. The lowest BCUT2D eigenvalue weighted by Crippen LogP contribution is -2.59. The molecule has 1 unspecified atom stereocenters. The van der Waals surface area contributed by atoms with Gasteiger partial charge in [0.05, 0.1) is 6.10 Å². The van der Waals surface area contributed by atoms with Gasteiger partial charge in [0, 0.05) is 32.1 Å². The second-order valence-corrected chi connectivity index (χ2v) is 11.5. The van der Waals surface area contributed by atoms with Crippen molar-refractivity contribution in [1.82, 2.24) is 25.8 Å². The predicted octanol–water partition coefficient (Wildman–Crippen LogP) is 1.64. The van der Waals surface area contributed by atoms with Crippen LogP contribution in [0.5, 0.6) is 0 Å². The van der Waals surface area contributed by atoms with E-state index in [1.54, 1.807) is 18.7 Å². The van der Waals surface area contributed by atoms with Crippen LogP contribution >= 0.6 is 0 Å². The average molecular weight is 572 g/mol. The lowest BCUT2D eigenvalue weighted by atomic mass is 10.0. The Bertz CT molecular complexity index is 1070. The highest BCUT2D eigenvalue weighted by Crippen LogP contribution is 2.21. The molecule has 0 spiro atoms. The second kappa shape index (κ2) is 15.0. The van der Waals surface area contributed by atoms with Gasteiger partial charge in [-0.2, -0.15) is 0 Å². The van der Waals surface area contributed by atoms with Crippen molar-refractivity contribution in [2.45, 2.75) is 90.1 Å². The number of amides is 4. The smallest absolute Gasteiger partial charge is 0.377 e. The van der Waals surface area contributed by atoms with E-state index in [2.05, 4.69) is 16.0 Å². The Hall–Kier alpha value is -3.47. The van der Waals surface area contributed by atoms with Crippen LogP contribution in [0.4, 0.5) is 4.79 Å². The number of esters is 1. The summed E-state index contributed by atoms with van der Waals surface area (Å²) in [5.74, 6) is -2.90. The summed E-state index contributed by atoms with van der Waals surface area (Å²) in [7, 11) is 1.91. The molecule has 2 aliphatic heterocycles. The Labute approximate surface area is 242 Å². The first-order valence-corrected chi connectivity index (χ1v) is 14.6. The summed E-state index contributed by atoms with van der Waals surface area (Å²) in [6.07, 6.45) is 2.32. The molecule has 2 heterocycles. The molecule has 3 N–H and O–H groups in total. The zero-order chi connectivity index (χ0) is 30.1. The van der Waals surface area contributed by atoms with Crippen molar-refractivity contribution >= 4 is 29.6 Å². The van der Waals surface area contributed by atoms with Crippen LogP contribution in [0.1, 0.15) is 58.9 Å². The van der Waals surface area contributed by atoms with Gasteiger partial charge in [0.2, 0.25) is 11.8 Å². The van der Waals surface area contributed by atoms with Gasteiger partial charge in [-0.05, 0) is 58.1 Å². The van der Waals surface area contributed by atoms with E-state index < -0.39 is 41.9 Å². The molecule has 0 saturated carbocycles. The van der Waals surface area contributed by atoms with Crippen LogP contribution in [-0.4, -0.2) is 96.4 Å². The maximum Gasteiger partial charge on any atom is 0.377 e. The van der Waals surface area contributed by atoms with Gasteiger partial charge in [-0.25, -0.2) is 9.59 Å². The number of piperidine rings is 1. The highest BCUT2D eigenvalue weighted by Gasteiger charge is 2.41. The van der Waals surface area contributed by atoms with E-state index >= 15 is 0 Å². The molecule has 4 amide bonds. The SMILES string of the molecule is CNC1CCN(C(=O)N[C@H](C(=O)N2CCC[C@H]2C(=O)NC(Cc2ccccc2)C(=O)C(=O)OC(C)C)C(C)C)CC1. The summed E-state index contributed by atoms with van der Waals surface area (Å²) >= 11 is 0. The number of Topliss-reactive ketones (excluding diaryl/α,β-unsaturated/α-hetero) is 1. The molecule has 0 bridgehead atoms. The van der Waals surface area contributed by atoms with Crippen molar-refractivity contribution in [3.63, 3.8) is 0 Å². The van der Waals surface area contributed by atoms with E-state index in [4.69, 9.17) is 4.74 Å². The lowest BCUT2D eigenvalue weighted by Gasteiger charge is -2.35. The number of ether oxygens (including phenoxy) is 1. The molecule has 11 heteroatoms. The molecular weight excluding hydrogens is 526 g/mol. The third kappa shape index (κ3) is 8.76. The van der Waals surface area contributed by atoms with Crippen molar-refractivity contribution in [2.24, 2.45) is 5.92 Å². The minimum absolute atomic E-state index is 0.105. The average Bonchev–Trinajstić information content (AvgIpc) is 3.45. The first-order chi connectivity index (χ1) is 19.5. The number of nitrogens with zero attached hydrogens (tertiary/aromatic N) is 2. The van der Waals surface area contributed by atoms with Gasteiger partial charge in [-0.1, -0.05) is 44.2 Å². The Kier molecular flexibility index (Phi) is 11.7. The molecule has 2 fully saturated rings. The summed E-state index contributed by atoms with van der Waals surface area (Å²) in [4.78, 5) is 69.0. The van der Waals surface area contributed by atoms with E-state index in [9.17, 15) is 24.0 Å². The molecule has 0 aliphatic carbocycles. The van der Waals surface area contributed by atoms with E-state index in [0.29, 0.717) is 38.5 Å². The minimum atomic E-state index is -1.14. The lowest BCUT2D eigenvalue weighted by molar-refractivity contribution is -0.158. The van der Waals surface area contributed by atoms with Crippen molar-refractivity contribution in [2.75, 3.05) is 26.7 Å². The van der Waals surface area contributed by atoms with Crippen molar-refractivity contribution in [3.8, 4) is 0 Å². The fourth-order valence-corrected chi connectivity index (χ4v) is 5.33. The molecule has 3 rings (SSSR count). The fourth-order valence-electron chi connectivity index (χ4n) is 5.33.